The molecule has 2 N–H and O–H groups in total. The minimum atomic E-state index is -4.99. The third kappa shape index (κ3) is 5.85. The van der Waals surface area contributed by atoms with Crippen LogP contribution in [0.4, 0.5) is 13.2 Å². The van der Waals surface area contributed by atoms with E-state index in [1.807, 2.05) is 0 Å². The van der Waals surface area contributed by atoms with Gasteiger partial charge in [0.1, 0.15) is 5.15 Å². The highest BCUT2D eigenvalue weighted by atomic mass is 35.5. The SMILES string of the molecule is COCc1ccccc1-c1ccc(S(N)(=O)=O)c(C(F)(F)F)c1C1CCN(C(=O)c2ccc(Cl)nc2)CC1. The Morgan fingerprint density at radius 3 is 2.37 bits per heavy atom. The molecular weight excluding hydrogens is 543 g/mol. The van der Waals surface area contributed by atoms with Gasteiger partial charge in [-0.1, -0.05) is 41.9 Å². The van der Waals surface area contributed by atoms with Crippen molar-refractivity contribution in [3.63, 3.8) is 0 Å². The smallest absolute Gasteiger partial charge is 0.380 e. The van der Waals surface area contributed by atoms with Crippen molar-refractivity contribution in [2.75, 3.05) is 20.2 Å². The van der Waals surface area contributed by atoms with Crippen molar-refractivity contribution in [2.24, 2.45) is 5.14 Å². The van der Waals surface area contributed by atoms with Gasteiger partial charge >= 0.3 is 6.18 Å². The first-order chi connectivity index (χ1) is 17.9. The number of nitrogens with zero attached hydrogens (tertiary/aromatic N) is 2. The molecule has 12 heteroatoms. The quantitative estimate of drug-likeness (QED) is 0.411. The highest BCUT2D eigenvalue weighted by molar-refractivity contribution is 7.89. The Labute approximate surface area is 223 Å². The highest BCUT2D eigenvalue weighted by Crippen LogP contribution is 2.47. The summed E-state index contributed by atoms with van der Waals surface area (Å²) in [5.41, 5.74) is 0.305. The van der Waals surface area contributed by atoms with Crippen LogP contribution in [-0.2, 0) is 27.5 Å². The van der Waals surface area contributed by atoms with Gasteiger partial charge in [0.05, 0.1) is 22.6 Å². The monoisotopic (exact) mass is 567 g/mol. The van der Waals surface area contributed by atoms with E-state index in [4.69, 9.17) is 21.5 Å². The number of amides is 1. The zero-order chi connectivity index (χ0) is 27.7. The lowest BCUT2D eigenvalue weighted by Gasteiger charge is -2.35. The number of aromatic nitrogens is 1. The van der Waals surface area contributed by atoms with Crippen LogP contribution in [0.25, 0.3) is 11.1 Å². The molecule has 0 unspecified atom stereocenters. The van der Waals surface area contributed by atoms with Gasteiger partial charge in [0, 0.05) is 26.4 Å². The number of hydrogen-bond acceptors (Lipinski definition) is 5. The molecule has 38 heavy (non-hydrogen) atoms. The van der Waals surface area contributed by atoms with Crippen LogP contribution >= 0.6 is 11.6 Å². The van der Waals surface area contributed by atoms with E-state index in [1.54, 1.807) is 24.3 Å². The van der Waals surface area contributed by atoms with Crippen LogP contribution in [-0.4, -0.2) is 44.4 Å². The number of ether oxygens (including phenoxy) is 1. The maximum absolute atomic E-state index is 14.6. The van der Waals surface area contributed by atoms with Crippen LogP contribution in [0.3, 0.4) is 0 Å². The van der Waals surface area contributed by atoms with Crippen LogP contribution in [0.15, 0.2) is 59.6 Å². The molecule has 1 aromatic heterocycles. The van der Waals surface area contributed by atoms with Gasteiger partial charge in [-0.05, 0) is 59.2 Å². The van der Waals surface area contributed by atoms with Crippen LogP contribution in [0.2, 0.25) is 5.15 Å². The molecule has 1 aliphatic heterocycles. The van der Waals surface area contributed by atoms with E-state index in [9.17, 15) is 26.4 Å². The maximum atomic E-state index is 14.6. The van der Waals surface area contributed by atoms with Gasteiger partial charge in [-0.25, -0.2) is 18.5 Å². The summed E-state index contributed by atoms with van der Waals surface area (Å²) in [5, 5.41) is 5.47. The number of halogens is 4. The minimum absolute atomic E-state index is 0.146. The number of piperidine rings is 1. The fourth-order valence-electron chi connectivity index (χ4n) is 4.91. The molecule has 1 fully saturated rings. The number of pyridine rings is 1. The second-order valence-corrected chi connectivity index (χ2v) is 10.9. The van der Waals surface area contributed by atoms with E-state index in [-0.39, 0.29) is 54.7 Å². The lowest BCUT2D eigenvalue weighted by Crippen LogP contribution is -2.38. The number of hydrogen-bond donors (Lipinski definition) is 1. The molecule has 4 rings (SSSR count). The van der Waals surface area contributed by atoms with Crippen LogP contribution in [0.1, 0.15) is 45.8 Å². The molecule has 0 spiro atoms. The van der Waals surface area contributed by atoms with Crippen molar-refractivity contribution in [3.05, 3.63) is 82.1 Å². The van der Waals surface area contributed by atoms with Crippen molar-refractivity contribution >= 4 is 27.5 Å². The molecule has 1 saturated heterocycles. The van der Waals surface area contributed by atoms with E-state index in [2.05, 4.69) is 4.98 Å². The third-order valence-corrected chi connectivity index (χ3v) is 7.75. The lowest BCUT2D eigenvalue weighted by atomic mass is 9.80. The molecule has 202 valence electrons. The average Bonchev–Trinajstić information content (AvgIpc) is 2.87. The normalized spacial score (nSPS) is 15.1. The fourth-order valence-corrected chi connectivity index (χ4v) is 5.79. The number of alkyl halides is 3. The van der Waals surface area contributed by atoms with Crippen LogP contribution < -0.4 is 5.14 Å². The first kappa shape index (κ1) is 28.0. The van der Waals surface area contributed by atoms with E-state index in [0.717, 1.165) is 6.07 Å². The Morgan fingerprint density at radius 1 is 1.11 bits per heavy atom. The number of nitrogens with two attached hydrogens (primary N) is 1. The molecule has 2 heterocycles. The molecular formula is C26H25ClF3N3O4S. The Hall–Kier alpha value is -2.99. The number of sulfonamides is 1. The van der Waals surface area contributed by atoms with Crippen molar-refractivity contribution in [2.45, 2.75) is 36.4 Å². The van der Waals surface area contributed by atoms with E-state index in [0.29, 0.717) is 16.7 Å². The van der Waals surface area contributed by atoms with E-state index < -0.39 is 32.6 Å². The highest BCUT2D eigenvalue weighted by Gasteiger charge is 2.42. The van der Waals surface area contributed by atoms with Gasteiger partial charge in [0.25, 0.3) is 5.91 Å². The topological polar surface area (TPSA) is 103 Å². The second kappa shape index (κ2) is 11.0. The second-order valence-electron chi connectivity index (χ2n) is 8.97. The van der Waals surface area contributed by atoms with Crippen molar-refractivity contribution in [3.8, 4) is 11.1 Å². The minimum Gasteiger partial charge on any atom is -0.380 e. The van der Waals surface area contributed by atoms with Gasteiger partial charge in [-0.3, -0.25) is 4.79 Å². The van der Waals surface area contributed by atoms with Gasteiger partial charge in [0.2, 0.25) is 10.0 Å². The van der Waals surface area contributed by atoms with Gasteiger partial charge in [-0.2, -0.15) is 13.2 Å². The molecule has 0 atom stereocenters. The summed E-state index contributed by atoms with van der Waals surface area (Å²) in [6.07, 6.45) is -3.28. The molecule has 1 amide bonds. The Bertz CT molecular complexity index is 1440. The molecule has 7 nitrogen and oxygen atoms in total. The maximum Gasteiger partial charge on any atom is 0.418 e. The Kier molecular flexibility index (Phi) is 8.12. The van der Waals surface area contributed by atoms with E-state index >= 15 is 0 Å². The number of primary sulfonamides is 1. The molecule has 0 aliphatic carbocycles. The number of carbonyl (C=O) groups is 1. The van der Waals surface area contributed by atoms with E-state index in [1.165, 1.54) is 36.4 Å². The summed E-state index contributed by atoms with van der Waals surface area (Å²) in [7, 11) is -3.21. The van der Waals surface area contributed by atoms with Crippen LogP contribution in [0, 0.1) is 0 Å². The van der Waals surface area contributed by atoms with Crippen LogP contribution in [0.5, 0.6) is 0 Å². The predicted molar refractivity (Wildman–Crippen MR) is 136 cm³/mol. The average molecular weight is 568 g/mol. The summed E-state index contributed by atoms with van der Waals surface area (Å²) in [4.78, 5) is 17.4. The number of carbonyl (C=O) groups excluding carboxylic acids is 1. The zero-order valence-electron chi connectivity index (χ0n) is 20.3. The molecule has 2 aromatic carbocycles. The molecule has 1 aliphatic rings. The molecule has 0 radical (unpaired) electrons. The summed E-state index contributed by atoms with van der Waals surface area (Å²) >= 11 is 5.79. The molecule has 3 aromatic rings. The van der Waals surface area contributed by atoms with Crippen molar-refractivity contribution in [1.29, 1.82) is 0 Å². The number of benzene rings is 2. The predicted octanol–water partition coefficient (Wildman–Crippen LogP) is 5.23. The number of rotatable bonds is 6. The summed E-state index contributed by atoms with van der Waals surface area (Å²) in [5.74, 6) is -1.00. The summed E-state index contributed by atoms with van der Waals surface area (Å²) in [6.45, 7) is 0.486. The fraction of sp³-hybridized carbons (Fsp3) is 0.308. The lowest BCUT2D eigenvalue weighted by molar-refractivity contribution is -0.140. The standard InChI is InChI=1S/C26H25ClF3N3O4S/c1-37-15-18-4-2-3-5-19(18)20-7-8-21(38(31,35)36)24(26(28,29)30)23(20)16-10-12-33(13-11-16)25(34)17-6-9-22(27)32-14-17/h2-9,14,16H,10-13,15H2,1H3,(H2,31,35,36). The molecule has 0 saturated carbocycles. The summed E-state index contributed by atoms with van der Waals surface area (Å²) < 4.78 is 73.5. The van der Waals surface area contributed by atoms with Gasteiger partial charge < -0.3 is 9.64 Å². The Morgan fingerprint density at radius 2 is 1.79 bits per heavy atom. The van der Waals surface area contributed by atoms with Crippen molar-refractivity contribution < 1.29 is 31.1 Å². The largest absolute Gasteiger partial charge is 0.418 e. The first-order valence-electron chi connectivity index (χ1n) is 11.7. The summed E-state index contributed by atoms with van der Waals surface area (Å²) in [6, 6.07) is 12.2. The van der Waals surface area contributed by atoms with Gasteiger partial charge in [-0.15, -0.1) is 0 Å². The molecule has 0 bridgehead atoms. The number of methoxy groups -OCH3 is 1. The number of likely N-dealkylation sites (tertiary alicyclic amines) is 1. The zero-order valence-corrected chi connectivity index (χ0v) is 21.9. The van der Waals surface area contributed by atoms with Gasteiger partial charge in [0.15, 0.2) is 0 Å². The third-order valence-electron chi connectivity index (χ3n) is 6.57. The van der Waals surface area contributed by atoms with Crippen molar-refractivity contribution in [1.82, 2.24) is 9.88 Å². The Balaban J connectivity index is 1.81. The first-order valence-corrected chi connectivity index (χ1v) is 13.6.